The second-order valence-electron chi connectivity index (χ2n) is 18.3. The summed E-state index contributed by atoms with van der Waals surface area (Å²) in [6.07, 6.45) is 2.25. The summed E-state index contributed by atoms with van der Waals surface area (Å²) in [6.45, 7) is 9.82. The van der Waals surface area contributed by atoms with Crippen LogP contribution in [-0.2, 0) is 19.4 Å². The van der Waals surface area contributed by atoms with Gasteiger partial charge in [-0.15, -0.1) is 0 Å². The molecule has 0 aliphatic rings. The number of benzene rings is 6. The van der Waals surface area contributed by atoms with E-state index in [-0.39, 0.29) is 64.2 Å². The third-order valence-corrected chi connectivity index (χ3v) is 13.5. The Kier molecular flexibility index (Phi) is 29.2. The van der Waals surface area contributed by atoms with Crippen LogP contribution in [0.3, 0.4) is 0 Å². The van der Waals surface area contributed by atoms with Gasteiger partial charge >= 0.3 is 0 Å². The number of carbonyl (C=O) groups is 6. The van der Waals surface area contributed by atoms with E-state index in [0.29, 0.717) is 79.5 Å². The van der Waals surface area contributed by atoms with Crippen LogP contribution in [0.15, 0.2) is 153 Å². The second kappa shape index (κ2) is 35.5. The van der Waals surface area contributed by atoms with Gasteiger partial charge in [-0.1, -0.05) is 134 Å². The zero-order valence-electron chi connectivity index (χ0n) is 46.4. The van der Waals surface area contributed by atoms with Crippen molar-refractivity contribution in [3.05, 3.63) is 259 Å². The van der Waals surface area contributed by atoms with E-state index in [1.165, 1.54) is 24.3 Å². The molecule has 0 fully saturated rings. The Balaban J connectivity index is 0.000000234. The minimum absolute atomic E-state index is 0.0330. The number of nitrogen functional groups attached to an aromatic ring is 1. The predicted octanol–water partition coefficient (Wildman–Crippen LogP) is 16.0. The van der Waals surface area contributed by atoms with Crippen LogP contribution < -0.4 is 16.8 Å². The summed E-state index contributed by atoms with van der Waals surface area (Å²) in [5, 5.41) is 26.9. The predicted molar refractivity (Wildman–Crippen MR) is 334 cm³/mol. The van der Waals surface area contributed by atoms with Crippen LogP contribution in [0.5, 0.6) is 0 Å². The number of hydrogen-bond acceptors (Lipinski definition) is 17. The number of aromatic nitrogens is 3. The zero-order valence-corrected chi connectivity index (χ0v) is 51.7. The van der Waals surface area contributed by atoms with Crippen molar-refractivity contribution in [3.63, 3.8) is 0 Å². The molecule has 0 saturated carbocycles. The molecule has 6 aromatic carbocycles. The van der Waals surface area contributed by atoms with Crippen molar-refractivity contribution >= 4 is 128 Å². The molecule has 3 aromatic heterocycles. The van der Waals surface area contributed by atoms with Gasteiger partial charge in [0.2, 0.25) is 0 Å². The summed E-state index contributed by atoms with van der Waals surface area (Å²) < 4.78 is 14.4. The number of nitrogens with zero attached hydrogens (tertiary/aromatic N) is 4. The lowest BCUT2D eigenvalue weighted by Crippen LogP contribution is -2.18. The first-order valence-corrected chi connectivity index (χ1v) is 27.9. The molecule has 0 bridgehead atoms. The third kappa shape index (κ3) is 23.9. The Hall–Kier alpha value is -7.88. The van der Waals surface area contributed by atoms with Crippen LogP contribution in [0.25, 0.3) is 0 Å². The molecule has 0 aliphatic carbocycles. The van der Waals surface area contributed by atoms with Gasteiger partial charge in [-0.2, -0.15) is 0 Å². The minimum Gasteiger partial charge on any atom is -0.398 e. The van der Waals surface area contributed by atoms with Crippen molar-refractivity contribution in [2.45, 2.75) is 66.1 Å². The highest BCUT2D eigenvalue weighted by molar-refractivity contribution is 6.67. The maximum atomic E-state index is 12.4. The molecule has 86 heavy (non-hydrogen) atoms. The van der Waals surface area contributed by atoms with Crippen LogP contribution in [0.2, 0.25) is 30.1 Å². The van der Waals surface area contributed by atoms with Crippen molar-refractivity contribution in [2.24, 2.45) is 5.73 Å². The maximum Gasteiger partial charge on any atom is 0.288 e. The molecule has 9 aromatic rings. The number of anilines is 1. The lowest BCUT2D eigenvalue weighted by molar-refractivity contribution is -0.384. The lowest BCUT2D eigenvalue weighted by atomic mass is 10.0. The second-order valence-corrected chi connectivity index (χ2v) is 21.2. The minimum atomic E-state index is -0.630. The van der Waals surface area contributed by atoms with E-state index >= 15 is 0 Å². The highest BCUT2D eigenvalue weighted by Gasteiger charge is 2.17. The van der Waals surface area contributed by atoms with Crippen LogP contribution in [0.4, 0.5) is 11.4 Å². The number of halogens is 7. The molecule has 0 aliphatic heterocycles. The number of nitrogens with one attached hydrogen (secondary N) is 1. The summed E-state index contributed by atoms with van der Waals surface area (Å²) >= 11 is 40.2. The topological polar surface area (TPSA) is 288 Å². The molecular weight excluding hydrogens is 1250 g/mol. The summed E-state index contributed by atoms with van der Waals surface area (Å²) in [4.78, 5) is 75.3. The van der Waals surface area contributed by atoms with Crippen molar-refractivity contribution in [2.75, 3.05) is 5.73 Å². The highest BCUT2D eigenvalue weighted by Crippen LogP contribution is 2.26. The fraction of sp³-hybridized carbons (Fsp3) is 0.164. The van der Waals surface area contributed by atoms with Gasteiger partial charge < -0.3 is 30.4 Å². The first-order chi connectivity index (χ1) is 40.8. The van der Waals surface area contributed by atoms with Gasteiger partial charge in [-0.3, -0.25) is 38.9 Å². The van der Waals surface area contributed by atoms with Gasteiger partial charge in [-0.25, -0.2) is 0 Å². The molecule has 0 radical (unpaired) electrons. The number of rotatable bonds is 16. The molecule has 5 N–H and O–H groups in total. The average Bonchev–Trinajstić information content (AvgIpc) is 4.39. The average molecular weight is 1310 g/mol. The largest absolute Gasteiger partial charge is 0.398 e. The van der Waals surface area contributed by atoms with Crippen molar-refractivity contribution in [3.8, 4) is 0 Å². The highest BCUT2D eigenvalue weighted by atomic mass is 35.5. The molecule has 3 heterocycles. The van der Waals surface area contributed by atoms with Gasteiger partial charge in [0.25, 0.3) is 10.9 Å². The molecule has 0 spiro atoms. The monoisotopic (exact) mass is 1310 g/mol. The van der Waals surface area contributed by atoms with Gasteiger partial charge in [0.1, 0.15) is 52.5 Å². The standard InChI is InChI=1S/C21H20Cl2N2O2.C13H10ClNO3.C8H10ClN.C7H4ClNO3.C7H6ClNO.C5H4ClNO2/c1-13-8-20(25-27-13)21(26)11-17-9-15(6-7-19(17)23)12-24-14(2)16-4-3-5-18(22)10-16;1-8-4-12(15-18-8)13(17)6-10-5-9(7-16)2-3-11(10)14;1-6(10)7-3-2-4-8(9)5-7;8-6-2-1-5(4-10)3-7(6)9(11)12;8-6-2-1-5(4-10)3-7(6)9;1-3-2-4(5(6)8)7-9-3/h3-10,14,24H,11-12H2,1-2H3;2-5,7H,6H2,1H3;2-6H,10H2,1H3;1-4H;1-4H,9H2;2H,1H3/t;;6-;;;/m..1.../s1. The zero-order chi connectivity index (χ0) is 63.6. The molecule has 18 nitrogen and oxygen atoms in total. The van der Waals surface area contributed by atoms with E-state index < -0.39 is 10.2 Å². The first-order valence-electron chi connectivity index (χ1n) is 25.3. The Bertz CT molecular complexity index is 3790. The number of hydrogen-bond donors (Lipinski definition) is 3. The van der Waals surface area contributed by atoms with E-state index in [4.69, 9.17) is 102 Å². The van der Waals surface area contributed by atoms with E-state index in [1.807, 2.05) is 73.7 Å². The van der Waals surface area contributed by atoms with Crippen LogP contribution in [0, 0.1) is 30.9 Å². The Morgan fingerprint density at radius 3 is 1.42 bits per heavy atom. The normalized spacial score (nSPS) is 10.9. The molecule has 9 rings (SSSR count). The Morgan fingerprint density at radius 1 is 0.570 bits per heavy atom. The quantitative estimate of drug-likeness (QED) is 0.0202. The molecule has 1 unspecified atom stereocenters. The molecule has 0 saturated heterocycles. The molecule has 448 valence electrons. The van der Waals surface area contributed by atoms with E-state index in [2.05, 4.69) is 32.2 Å². The number of nitrogens with two attached hydrogens (primary N) is 2. The number of nitro groups is 1. The van der Waals surface area contributed by atoms with Crippen LogP contribution in [0.1, 0.15) is 134 Å². The van der Waals surface area contributed by atoms with Gasteiger partial charge in [0.15, 0.2) is 17.3 Å². The third-order valence-electron chi connectivity index (χ3n) is 11.5. The van der Waals surface area contributed by atoms with Crippen molar-refractivity contribution in [1.82, 2.24) is 20.8 Å². The van der Waals surface area contributed by atoms with Crippen molar-refractivity contribution < 1.29 is 47.3 Å². The molecule has 2 atom stereocenters. The fourth-order valence-electron chi connectivity index (χ4n) is 6.99. The smallest absolute Gasteiger partial charge is 0.288 e. The Morgan fingerprint density at radius 2 is 1.00 bits per heavy atom. The van der Waals surface area contributed by atoms with E-state index in [0.717, 1.165) is 44.7 Å². The van der Waals surface area contributed by atoms with Crippen LogP contribution >= 0.6 is 81.2 Å². The SMILES string of the molecule is C[C@@H](N)c1cccc(Cl)c1.Cc1cc(C(=O)Cc2cc(C=O)ccc2Cl)no1.Cc1cc(C(=O)Cc2cc(CNC(C)c3cccc(Cl)c3)ccc2Cl)no1.Cc1cc(C(=O)Cl)no1.Nc1cc(C=O)ccc1Cl.O=Cc1ccc(Cl)c([N+](=O)[O-])c1. The van der Waals surface area contributed by atoms with Gasteiger partial charge in [0, 0.05) is 92.5 Å². The fourth-order valence-corrected chi connectivity index (χ4v) is 8.15. The van der Waals surface area contributed by atoms with E-state index in [9.17, 15) is 38.9 Å². The number of aryl methyl sites for hydroxylation is 3. The first kappa shape index (κ1) is 70.6. The van der Waals surface area contributed by atoms with Crippen molar-refractivity contribution in [1.29, 1.82) is 0 Å². The van der Waals surface area contributed by atoms with Crippen LogP contribution in [-0.4, -0.2) is 56.1 Å². The van der Waals surface area contributed by atoms with Gasteiger partial charge in [-0.05, 0) is 141 Å². The summed E-state index contributed by atoms with van der Waals surface area (Å²) in [7, 11) is 0. The lowest BCUT2D eigenvalue weighted by Gasteiger charge is -2.15. The number of ketones is 2. The molecule has 0 amide bonds. The maximum absolute atomic E-state index is 12.4. The number of carbonyl (C=O) groups excluding carboxylic acids is 6. The van der Waals surface area contributed by atoms with E-state index in [1.54, 1.807) is 63.2 Å². The number of nitro benzene ring substituents is 1. The Labute approximate surface area is 529 Å². The summed E-state index contributed by atoms with van der Waals surface area (Å²) in [6, 6.07) is 39.4. The molecule has 25 heteroatoms. The number of aldehydes is 3. The van der Waals surface area contributed by atoms with Gasteiger partial charge in [0.05, 0.1) is 15.6 Å². The molecular formula is C61H54Cl7N7O11. The summed E-state index contributed by atoms with van der Waals surface area (Å²) in [5.41, 5.74) is 17.9. The number of Topliss-reactive ketones (excluding diaryl/α,β-unsaturated/α-hetero) is 2. The summed E-state index contributed by atoms with van der Waals surface area (Å²) in [5.74, 6) is 1.45.